The van der Waals surface area contributed by atoms with Crippen LogP contribution < -0.4 is 14.8 Å². The largest absolute Gasteiger partial charge is 0.333 e. The maximum atomic E-state index is 12.6. The molecular formula is C17H23N6O2S+. The van der Waals surface area contributed by atoms with E-state index in [2.05, 4.69) is 24.8 Å². The van der Waals surface area contributed by atoms with Crippen molar-refractivity contribution in [2.45, 2.75) is 17.7 Å². The zero-order valence-corrected chi connectivity index (χ0v) is 15.4. The molecule has 0 radical (unpaired) electrons. The summed E-state index contributed by atoms with van der Waals surface area (Å²) in [5.41, 5.74) is 0. The van der Waals surface area contributed by atoms with Gasteiger partial charge in [0, 0.05) is 31.5 Å². The Bertz CT molecular complexity index is 829. The van der Waals surface area contributed by atoms with Crippen LogP contribution in [0.4, 0.5) is 11.8 Å². The summed E-state index contributed by atoms with van der Waals surface area (Å²) in [7, 11) is -3.37. The number of aromatic amines is 1. The average Bonchev–Trinajstić information content (AvgIpc) is 3.25. The third-order valence-corrected chi connectivity index (χ3v) is 6.82. The van der Waals surface area contributed by atoms with Gasteiger partial charge in [-0.05, 0) is 25.0 Å². The molecule has 9 heteroatoms. The van der Waals surface area contributed by atoms with E-state index >= 15 is 0 Å². The number of nitrogens with zero attached hydrogens (tertiary/aromatic N) is 5. The van der Waals surface area contributed by atoms with Gasteiger partial charge in [0.15, 0.2) is 0 Å². The Morgan fingerprint density at radius 2 is 1.54 bits per heavy atom. The maximum absolute atomic E-state index is 12.6. The molecule has 4 heterocycles. The lowest BCUT2D eigenvalue weighted by atomic mass is 10.3. The molecule has 2 fully saturated rings. The van der Waals surface area contributed by atoms with E-state index in [9.17, 15) is 8.42 Å². The van der Waals surface area contributed by atoms with Gasteiger partial charge in [0.25, 0.3) is 5.82 Å². The Labute approximate surface area is 153 Å². The van der Waals surface area contributed by atoms with Gasteiger partial charge in [0.1, 0.15) is 24.2 Å². The average molecular weight is 375 g/mol. The van der Waals surface area contributed by atoms with Crippen LogP contribution in [0.2, 0.25) is 0 Å². The van der Waals surface area contributed by atoms with Gasteiger partial charge in [-0.1, -0.05) is 0 Å². The Hall–Kier alpha value is -2.26. The zero-order chi connectivity index (χ0) is 18.0. The van der Waals surface area contributed by atoms with Crippen molar-refractivity contribution in [2.75, 3.05) is 49.1 Å². The molecule has 0 atom stereocenters. The molecule has 0 unspecified atom stereocenters. The van der Waals surface area contributed by atoms with Crippen molar-refractivity contribution in [1.29, 1.82) is 0 Å². The van der Waals surface area contributed by atoms with Gasteiger partial charge in [-0.25, -0.2) is 23.4 Å². The van der Waals surface area contributed by atoms with Crippen LogP contribution in [0, 0.1) is 0 Å². The summed E-state index contributed by atoms with van der Waals surface area (Å²) in [5.74, 6) is 1.68. The molecule has 2 saturated heterocycles. The summed E-state index contributed by atoms with van der Waals surface area (Å²) in [6.07, 6.45) is 6.99. The van der Waals surface area contributed by atoms with Crippen LogP contribution in [0.3, 0.4) is 0 Å². The molecule has 0 amide bonds. The summed E-state index contributed by atoms with van der Waals surface area (Å²) in [6, 6.07) is 5.37. The fourth-order valence-electron chi connectivity index (χ4n) is 3.44. The monoisotopic (exact) mass is 375 g/mol. The van der Waals surface area contributed by atoms with Crippen molar-refractivity contribution in [2.24, 2.45) is 0 Å². The second-order valence-corrected chi connectivity index (χ2v) is 8.48. The first-order valence-corrected chi connectivity index (χ1v) is 10.4. The predicted molar refractivity (Wildman–Crippen MR) is 97.4 cm³/mol. The molecule has 138 valence electrons. The Morgan fingerprint density at radius 1 is 0.885 bits per heavy atom. The SMILES string of the molecule is O=S(=O)(c1ccc(N2CCN(c3ncccn3)CC2)[nH+]c1)N1CCCC1. The van der Waals surface area contributed by atoms with Crippen LogP contribution in [-0.2, 0) is 10.0 Å². The fourth-order valence-corrected chi connectivity index (χ4v) is 4.92. The third-order valence-electron chi connectivity index (χ3n) is 4.93. The van der Waals surface area contributed by atoms with E-state index in [0.717, 1.165) is 50.8 Å². The van der Waals surface area contributed by atoms with Gasteiger partial charge < -0.3 is 4.90 Å². The second-order valence-electron chi connectivity index (χ2n) is 6.54. The summed E-state index contributed by atoms with van der Waals surface area (Å²) in [5, 5.41) is 0. The summed E-state index contributed by atoms with van der Waals surface area (Å²) in [6.45, 7) is 4.54. The van der Waals surface area contributed by atoms with Gasteiger partial charge >= 0.3 is 0 Å². The maximum Gasteiger partial charge on any atom is 0.274 e. The van der Waals surface area contributed by atoms with E-state index in [1.54, 1.807) is 29.0 Å². The van der Waals surface area contributed by atoms with Crippen molar-refractivity contribution >= 4 is 21.8 Å². The van der Waals surface area contributed by atoms with Crippen LogP contribution in [0.5, 0.6) is 0 Å². The number of hydrogen-bond acceptors (Lipinski definition) is 6. The van der Waals surface area contributed by atoms with Gasteiger partial charge in [0.2, 0.25) is 16.0 Å². The number of hydrogen-bond donors (Lipinski definition) is 0. The molecule has 0 aromatic carbocycles. The molecule has 2 aromatic rings. The second kappa shape index (κ2) is 7.16. The number of anilines is 2. The summed E-state index contributed by atoms with van der Waals surface area (Å²) < 4.78 is 26.8. The van der Waals surface area contributed by atoms with Gasteiger partial charge in [0.05, 0.1) is 13.1 Å². The molecule has 0 spiro atoms. The third kappa shape index (κ3) is 3.36. The number of nitrogens with one attached hydrogen (secondary N) is 1. The Kier molecular flexibility index (Phi) is 4.73. The van der Waals surface area contributed by atoms with Gasteiger partial charge in [-0.15, -0.1) is 0 Å². The normalized spacial score (nSPS) is 19.1. The molecule has 2 aliphatic rings. The molecule has 2 aliphatic heterocycles. The van der Waals surface area contributed by atoms with E-state index in [0.29, 0.717) is 18.0 Å². The van der Waals surface area contributed by atoms with Crippen LogP contribution in [0.1, 0.15) is 12.8 Å². The smallest absolute Gasteiger partial charge is 0.274 e. The lowest BCUT2D eigenvalue weighted by Gasteiger charge is -2.30. The van der Waals surface area contributed by atoms with Crippen LogP contribution in [0.15, 0.2) is 41.7 Å². The highest BCUT2D eigenvalue weighted by Crippen LogP contribution is 2.21. The lowest BCUT2D eigenvalue weighted by molar-refractivity contribution is -0.367. The fraction of sp³-hybridized carbons (Fsp3) is 0.471. The highest BCUT2D eigenvalue weighted by Gasteiger charge is 2.29. The molecule has 4 rings (SSSR count). The highest BCUT2D eigenvalue weighted by molar-refractivity contribution is 7.89. The van der Waals surface area contributed by atoms with Crippen molar-refractivity contribution < 1.29 is 13.4 Å². The van der Waals surface area contributed by atoms with E-state index in [-0.39, 0.29) is 0 Å². The van der Waals surface area contributed by atoms with E-state index < -0.39 is 10.0 Å². The van der Waals surface area contributed by atoms with E-state index in [1.807, 2.05) is 12.1 Å². The number of pyridine rings is 1. The molecule has 8 nitrogen and oxygen atoms in total. The number of H-pyrrole nitrogens is 1. The van der Waals surface area contributed by atoms with E-state index in [1.165, 1.54) is 0 Å². The first kappa shape index (κ1) is 17.2. The first-order chi connectivity index (χ1) is 12.6. The molecule has 26 heavy (non-hydrogen) atoms. The zero-order valence-electron chi connectivity index (χ0n) is 14.6. The minimum Gasteiger partial charge on any atom is -0.333 e. The van der Waals surface area contributed by atoms with Gasteiger partial charge in [-0.3, -0.25) is 4.90 Å². The van der Waals surface area contributed by atoms with Crippen LogP contribution >= 0.6 is 0 Å². The summed E-state index contributed by atoms with van der Waals surface area (Å²) in [4.78, 5) is 16.5. The summed E-state index contributed by atoms with van der Waals surface area (Å²) >= 11 is 0. The predicted octanol–water partition coefficient (Wildman–Crippen LogP) is 0.402. The molecule has 1 N–H and O–H groups in total. The number of rotatable bonds is 4. The standard InChI is InChI=1S/C17H22N6O2S/c24-26(25,23-8-1-2-9-23)15-4-5-16(20-14-15)21-10-12-22(13-11-21)17-18-6-3-7-19-17/h3-7,14H,1-2,8-13H2/p+1. The molecule has 0 bridgehead atoms. The Balaban J connectivity index is 1.42. The topological polar surface area (TPSA) is 83.8 Å². The number of sulfonamides is 1. The van der Waals surface area contributed by atoms with Gasteiger partial charge in [-0.2, -0.15) is 4.31 Å². The molecule has 0 aliphatic carbocycles. The lowest BCUT2D eigenvalue weighted by Crippen LogP contribution is -2.48. The first-order valence-electron chi connectivity index (χ1n) is 8.93. The van der Waals surface area contributed by atoms with Crippen molar-refractivity contribution in [3.05, 3.63) is 36.8 Å². The molecule has 2 aromatic heterocycles. The Morgan fingerprint density at radius 3 is 2.15 bits per heavy atom. The molecular weight excluding hydrogens is 352 g/mol. The van der Waals surface area contributed by atoms with Crippen molar-refractivity contribution in [3.8, 4) is 0 Å². The van der Waals surface area contributed by atoms with E-state index in [4.69, 9.17) is 0 Å². The van der Waals surface area contributed by atoms with Crippen molar-refractivity contribution in [3.63, 3.8) is 0 Å². The minimum absolute atomic E-state index is 0.333. The van der Waals surface area contributed by atoms with Crippen LogP contribution in [-0.4, -0.2) is 62.0 Å². The minimum atomic E-state index is -3.37. The van der Waals surface area contributed by atoms with Crippen LogP contribution in [0.25, 0.3) is 0 Å². The molecule has 0 saturated carbocycles. The quantitative estimate of drug-likeness (QED) is 0.769. The van der Waals surface area contributed by atoms with Crippen molar-refractivity contribution in [1.82, 2.24) is 14.3 Å². The highest BCUT2D eigenvalue weighted by atomic mass is 32.2. The number of aromatic nitrogens is 3. The number of piperazine rings is 1.